The van der Waals surface area contributed by atoms with E-state index in [-0.39, 0.29) is 11.7 Å². The number of fused-ring (bicyclic) bond motifs is 3. The molecule has 0 amide bonds. The Bertz CT molecular complexity index is 711. The van der Waals surface area contributed by atoms with Crippen LogP contribution in [0, 0.1) is 10.7 Å². The smallest absolute Gasteiger partial charge is 0.260 e. The Morgan fingerprint density at radius 3 is 2.94 bits per heavy atom. The van der Waals surface area contributed by atoms with Gasteiger partial charge in [-0.15, -0.1) is 11.3 Å². The minimum Gasteiger partial charge on any atom is -0.372 e. The van der Waals surface area contributed by atoms with E-state index in [1.165, 1.54) is 0 Å². The van der Waals surface area contributed by atoms with E-state index in [9.17, 15) is 4.79 Å². The molecule has 0 aliphatic carbocycles. The molecule has 96 valence electrons. The second-order valence-electron chi connectivity index (χ2n) is 4.91. The summed E-state index contributed by atoms with van der Waals surface area (Å²) in [6.07, 6.45) is 0.999. The zero-order valence-electron chi connectivity index (χ0n) is 10.2. The zero-order chi connectivity index (χ0) is 12.9. The molecule has 0 bridgehead atoms. The van der Waals surface area contributed by atoms with Crippen LogP contribution in [0.15, 0.2) is 4.79 Å². The van der Waals surface area contributed by atoms with Crippen molar-refractivity contribution < 1.29 is 4.74 Å². The molecule has 2 aromatic heterocycles. The summed E-state index contributed by atoms with van der Waals surface area (Å²) in [5.41, 5.74) is 1.04. The first kappa shape index (κ1) is 12.1. The molecule has 0 aromatic carbocycles. The predicted molar refractivity (Wildman–Crippen MR) is 74.7 cm³/mol. The fraction of sp³-hybridized carbons (Fsp3) is 0.500. The number of hydrogen-bond acceptors (Lipinski definition) is 4. The average Bonchev–Trinajstić information content (AvgIpc) is 2.65. The number of nitrogens with one attached hydrogen (secondary N) is 2. The van der Waals surface area contributed by atoms with Crippen LogP contribution in [-0.2, 0) is 17.8 Å². The van der Waals surface area contributed by atoms with Gasteiger partial charge in [-0.2, -0.15) is 0 Å². The highest BCUT2D eigenvalue weighted by Gasteiger charge is 2.26. The van der Waals surface area contributed by atoms with Gasteiger partial charge in [0.1, 0.15) is 4.83 Å². The summed E-state index contributed by atoms with van der Waals surface area (Å²) >= 11 is 6.57. The third-order valence-corrected chi connectivity index (χ3v) is 4.67. The molecule has 3 heterocycles. The highest BCUT2D eigenvalue weighted by molar-refractivity contribution is 7.71. The van der Waals surface area contributed by atoms with Gasteiger partial charge in [-0.3, -0.25) is 9.78 Å². The number of aromatic nitrogens is 2. The number of H-pyrrole nitrogens is 2. The van der Waals surface area contributed by atoms with Gasteiger partial charge in [0.15, 0.2) is 4.77 Å². The molecular weight excluding hydrogens is 268 g/mol. The van der Waals surface area contributed by atoms with Crippen molar-refractivity contribution in [2.75, 3.05) is 0 Å². The largest absolute Gasteiger partial charge is 0.372 e. The van der Waals surface area contributed by atoms with E-state index in [2.05, 4.69) is 23.8 Å². The number of aromatic amines is 2. The summed E-state index contributed by atoms with van der Waals surface area (Å²) in [7, 11) is 0. The van der Waals surface area contributed by atoms with Crippen molar-refractivity contribution in [3.63, 3.8) is 0 Å². The van der Waals surface area contributed by atoms with Crippen LogP contribution < -0.4 is 5.56 Å². The highest BCUT2D eigenvalue weighted by Crippen LogP contribution is 2.34. The fourth-order valence-electron chi connectivity index (χ4n) is 2.34. The second kappa shape index (κ2) is 4.29. The fourth-order valence-corrected chi connectivity index (χ4v) is 3.76. The van der Waals surface area contributed by atoms with Crippen LogP contribution >= 0.6 is 23.6 Å². The Labute approximate surface area is 113 Å². The second-order valence-corrected chi connectivity index (χ2v) is 6.43. The molecule has 18 heavy (non-hydrogen) atoms. The van der Waals surface area contributed by atoms with E-state index in [0.717, 1.165) is 27.1 Å². The van der Waals surface area contributed by atoms with Crippen molar-refractivity contribution in [2.24, 2.45) is 5.92 Å². The van der Waals surface area contributed by atoms with Crippen LogP contribution in [0.4, 0.5) is 0 Å². The minimum atomic E-state index is -0.0874. The van der Waals surface area contributed by atoms with Gasteiger partial charge in [0, 0.05) is 11.3 Å². The van der Waals surface area contributed by atoms with E-state index in [4.69, 9.17) is 17.0 Å². The minimum absolute atomic E-state index is 0.0874. The van der Waals surface area contributed by atoms with Crippen molar-refractivity contribution in [1.29, 1.82) is 0 Å². The number of hydrogen-bond donors (Lipinski definition) is 2. The first-order valence-electron chi connectivity index (χ1n) is 5.94. The van der Waals surface area contributed by atoms with Crippen LogP contribution in [0.2, 0.25) is 0 Å². The maximum atomic E-state index is 12.0. The van der Waals surface area contributed by atoms with Gasteiger partial charge in [0.2, 0.25) is 0 Å². The standard InChI is InChI=1S/C12H14N2O2S2/c1-5(2)7-3-6-8(4-16-7)18-11-9(6)10(15)13-12(17)14-11/h5,7H,3-4H2,1-2H3,(H2,13,14,15,17)/t7-/m0/s1. The lowest BCUT2D eigenvalue weighted by atomic mass is 9.96. The van der Waals surface area contributed by atoms with Gasteiger partial charge in [0.25, 0.3) is 5.56 Å². The van der Waals surface area contributed by atoms with Crippen LogP contribution in [-0.4, -0.2) is 16.1 Å². The predicted octanol–water partition coefficient (Wildman–Crippen LogP) is 2.74. The highest BCUT2D eigenvalue weighted by atomic mass is 32.1. The summed E-state index contributed by atoms with van der Waals surface area (Å²) in [4.78, 5) is 19.8. The Morgan fingerprint density at radius 2 is 2.22 bits per heavy atom. The van der Waals surface area contributed by atoms with E-state index in [1.54, 1.807) is 11.3 Å². The summed E-state index contributed by atoms with van der Waals surface area (Å²) in [6, 6.07) is 0. The maximum absolute atomic E-state index is 12.0. The zero-order valence-corrected chi connectivity index (χ0v) is 11.8. The normalized spacial score (nSPS) is 19.4. The lowest BCUT2D eigenvalue weighted by Crippen LogP contribution is -2.27. The molecule has 6 heteroatoms. The monoisotopic (exact) mass is 282 g/mol. The molecule has 0 saturated carbocycles. The van der Waals surface area contributed by atoms with Crippen LogP contribution in [0.3, 0.4) is 0 Å². The number of thiophene rings is 1. The van der Waals surface area contributed by atoms with E-state index >= 15 is 0 Å². The van der Waals surface area contributed by atoms with Crippen molar-refractivity contribution in [2.45, 2.75) is 33.0 Å². The molecular formula is C12H14N2O2S2. The SMILES string of the molecule is CC(C)[C@@H]1Cc2c(sc3[nH]c(=S)[nH]c(=O)c23)CO1. The van der Waals surface area contributed by atoms with Crippen molar-refractivity contribution >= 4 is 33.8 Å². The van der Waals surface area contributed by atoms with Crippen LogP contribution in [0.5, 0.6) is 0 Å². The maximum Gasteiger partial charge on any atom is 0.260 e. The molecule has 0 radical (unpaired) electrons. The summed E-state index contributed by atoms with van der Waals surface area (Å²) in [5.74, 6) is 0.453. The van der Waals surface area contributed by atoms with Crippen molar-refractivity contribution in [1.82, 2.24) is 9.97 Å². The van der Waals surface area contributed by atoms with Crippen molar-refractivity contribution in [3.8, 4) is 0 Å². The molecule has 3 rings (SSSR count). The lowest BCUT2D eigenvalue weighted by molar-refractivity contribution is 0.00201. The van der Waals surface area contributed by atoms with E-state index in [1.807, 2.05) is 0 Å². The number of rotatable bonds is 1. The molecule has 0 spiro atoms. The average molecular weight is 282 g/mol. The lowest BCUT2D eigenvalue weighted by Gasteiger charge is -2.26. The molecule has 4 nitrogen and oxygen atoms in total. The third kappa shape index (κ3) is 1.84. The number of ether oxygens (including phenoxy) is 1. The first-order valence-corrected chi connectivity index (χ1v) is 7.17. The van der Waals surface area contributed by atoms with Crippen LogP contribution in [0.1, 0.15) is 24.3 Å². The Balaban J connectivity index is 2.22. The molecule has 1 aliphatic rings. The Kier molecular flexibility index (Phi) is 2.88. The molecule has 1 aliphatic heterocycles. The van der Waals surface area contributed by atoms with Gasteiger partial charge in [0.05, 0.1) is 18.1 Å². The van der Waals surface area contributed by atoms with Gasteiger partial charge in [-0.05, 0) is 23.7 Å². The summed E-state index contributed by atoms with van der Waals surface area (Å²) < 4.78 is 6.21. The molecule has 2 aromatic rings. The van der Waals surface area contributed by atoms with Crippen molar-refractivity contribution in [3.05, 3.63) is 25.6 Å². The van der Waals surface area contributed by atoms with E-state index < -0.39 is 0 Å². The first-order chi connectivity index (χ1) is 8.56. The van der Waals surface area contributed by atoms with Crippen LogP contribution in [0.25, 0.3) is 10.2 Å². The third-order valence-electron chi connectivity index (χ3n) is 3.35. The van der Waals surface area contributed by atoms with Gasteiger partial charge in [-0.1, -0.05) is 13.8 Å². The van der Waals surface area contributed by atoms with Gasteiger partial charge >= 0.3 is 0 Å². The molecule has 1 atom stereocenters. The molecule has 2 N–H and O–H groups in total. The molecule has 0 fully saturated rings. The molecule has 0 unspecified atom stereocenters. The van der Waals surface area contributed by atoms with Gasteiger partial charge < -0.3 is 9.72 Å². The topological polar surface area (TPSA) is 57.9 Å². The Hall–Kier alpha value is -0.980. The van der Waals surface area contributed by atoms with Gasteiger partial charge in [-0.25, -0.2) is 0 Å². The summed E-state index contributed by atoms with van der Waals surface area (Å²) in [5, 5.41) is 0.762. The molecule has 0 saturated heterocycles. The van der Waals surface area contributed by atoms with E-state index in [0.29, 0.717) is 17.3 Å². The summed E-state index contributed by atoms with van der Waals surface area (Å²) in [6.45, 7) is 4.88. The Morgan fingerprint density at radius 1 is 1.44 bits per heavy atom. The quantitative estimate of drug-likeness (QED) is 0.791.